The van der Waals surface area contributed by atoms with E-state index in [-0.39, 0.29) is 101 Å². The largest absolute Gasteiger partial charge is 4.00 e. The normalized spacial score (nSPS) is 0. The Morgan fingerprint density at radius 3 is 0.600 bits per heavy atom. The van der Waals surface area contributed by atoms with E-state index < -0.39 is 0 Å². The molecule has 0 fully saturated rings. The van der Waals surface area contributed by atoms with Gasteiger partial charge in [0.05, 0.1) is 0 Å². The molecule has 0 aliphatic heterocycles. The molecular weight excluding hydrogens is 441 g/mol. The molecule has 4 heteroatoms. The van der Waals surface area contributed by atoms with Crippen molar-refractivity contribution >= 4 is 0 Å². The van der Waals surface area contributed by atoms with Gasteiger partial charge in [0, 0.05) is 0 Å². The molecule has 0 nitrogen and oxygen atoms in total. The summed E-state index contributed by atoms with van der Waals surface area (Å²) in [7, 11) is 0. The second-order valence-corrected chi connectivity index (χ2v) is 0. The van der Waals surface area contributed by atoms with Gasteiger partial charge in [0.1, 0.15) is 0 Å². The first kappa shape index (κ1) is 44.7. The summed E-state index contributed by atoms with van der Waals surface area (Å²) in [6.07, 6.45) is 0. The number of halogens is 3. The van der Waals surface area contributed by atoms with E-state index in [1.807, 2.05) is 0 Å². The number of hydrogen-bond acceptors (Lipinski definition) is 0. The van der Waals surface area contributed by atoms with E-state index in [1.54, 1.807) is 0 Å². The van der Waals surface area contributed by atoms with Gasteiger partial charge in [-0.15, -0.1) is 0 Å². The van der Waals surface area contributed by atoms with E-state index in [0.717, 1.165) is 0 Å². The van der Waals surface area contributed by atoms with Crippen LogP contribution in [0.1, 0.15) is 0 Å². The van der Waals surface area contributed by atoms with Crippen LogP contribution < -0.4 is 71.9 Å². The second kappa shape index (κ2) is 28.5. The van der Waals surface area contributed by atoms with Crippen molar-refractivity contribution in [1.82, 2.24) is 0 Å². The van der Waals surface area contributed by atoms with Crippen LogP contribution in [0, 0.1) is 7.43 Å². The summed E-state index contributed by atoms with van der Waals surface area (Å²) in [5.41, 5.74) is 0. The Hall–Kier alpha value is 2.90. The van der Waals surface area contributed by atoms with E-state index in [1.165, 1.54) is 0 Å². The Morgan fingerprint density at radius 2 is 0.600 bits per heavy atom. The molecule has 5 heavy (non-hydrogen) atoms. The Morgan fingerprint density at radius 1 is 0.600 bits per heavy atom. The Labute approximate surface area is 99.2 Å². The maximum atomic E-state index is 0. The zero-order valence-electron chi connectivity index (χ0n) is 2.63. The van der Waals surface area contributed by atoms with Gasteiger partial charge in [-0.05, 0) is 0 Å². The summed E-state index contributed by atoms with van der Waals surface area (Å²) >= 11 is 0. The molecule has 0 aliphatic rings. The zero-order valence-corrected chi connectivity index (χ0v) is 10.7. The van der Waals surface area contributed by atoms with Gasteiger partial charge in [-0.1, -0.05) is 0 Å². The fourth-order valence-electron chi connectivity index (χ4n) is 0. The van der Waals surface area contributed by atoms with Gasteiger partial charge in [0.2, 0.25) is 0 Å². The Kier molecular flexibility index (Phi) is 255. The average molecular weight is 444 g/mol. The van der Waals surface area contributed by atoms with Gasteiger partial charge < -0.3 is 79.4 Å². The number of hydrogen-bond donors (Lipinski definition) is 0. The molecule has 0 unspecified atom stereocenters. The zero-order chi connectivity index (χ0) is 0. The molecule has 0 rings (SSSR count). The van der Waals surface area contributed by atoms with Gasteiger partial charge in [0.25, 0.3) is 0 Å². The average Bonchev–Trinajstić information content (AvgIpc) is 0. The summed E-state index contributed by atoms with van der Waals surface area (Å²) in [5.74, 6) is 0. The first-order valence-corrected chi connectivity index (χ1v) is 0. The summed E-state index contributed by atoms with van der Waals surface area (Å²) in [5, 5.41) is 0. The molecular formula is CH3I3Ti. The quantitative estimate of drug-likeness (QED) is 0.198. The van der Waals surface area contributed by atoms with Crippen molar-refractivity contribution < 1.29 is 93.6 Å². The van der Waals surface area contributed by atoms with Crippen LogP contribution in [0.2, 0.25) is 0 Å². The SMILES string of the molecule is [CH3-].[I-].[I-].[I-].[Ti+4]. The molecule has 0 amide bonds. The minimum absolute atomic E-state index is 0. The minimum atomic E-state index is 0. The van der Waals surface area contributed by atoms with Gasteiger partial charge in [0.15, 0.2) is 0 Å². The molecule has 0 spiro atoms. The van der Waals surface area contributed by atoms with Crippen LogP contribution >= 0.6 is 0 Å². The van der Waals surface area contributed by atoms with Crippen molar-refractivity contribution in [3.8, 4) is 0 Å². The van der Waals surface area contributed by atoms with Gasteiger partial charge in [-0.3, -0.25) is 0 Å². The summed E-state index contributed by atoms with van der Waals surface area (Å²) < 4.78 is 0. The van der Waals surface area contributed by atoms with Crippen molar-refractivity contribution in [2.24, 2.45) is 0 Å². The van der Waals surface area contributed by atoms with E-state index in [0.29, 0.717) is 0 Å². The molecule has 0 heterocycles. The molecule has 0 atom stereocenters. The van der Waals surface area contributed by atoms with Crippen LogP contribution in [0.4, 0.5) is 0 Å². The van der Waals surface area contributed by atoms with Crippen molar-refractivity contribution in [2.75, 3.05) is 0 Å². The number of rotatable bonds is 0. The smallest absolute Gasteiger partial charge is 1.00 e. The maximum Gasteiger partial charge on any atom is 4.00 e. The second-order valence-electron chi connectivity index (χ2n) is 0. The summed E-state index contributed by atoms with van der Waals surface area (Å²) in [6.45, 7) is 0. The van der Waals surface area contributed by atoms with Crippen molar-refractivity contribution in [1.29, 1.82) is 0 Å². The van der Waals surface area contributed by atoms with Crippen LogP contribution in [0.25, 0.3) is 0 Å². The van der Waals surface area contributed by atoms with Crippen LogP contribution in [0.3, 0.4) is 0 Å². The fraction of sp³-hybridized carbons (Fsp3) is 0. The topological polar surface area (TPSA) is 0 Å². The molecule has 0 bridgehead atoms. The minimum Gasteiger partial charge on any atom is -1.00 e. The third-order valence-corrected chi connectivity index (χ3v) is 0. The molecule has 0 saturated heterocycles. The van der Waals surface area contributed by atoms with E-state index in [9.17, 15) is 0 Å². The predicted molar refractivity (Wildman–Crippen MR) is 6.41 cm³/mol. The maximum absolute atomic E-state index is 0. The summed E-state index contributed by atoms with van der Waals surface area (Å²) in [4.78, 5) is 0. The van der Waals surface area contributed by atoms with Crippen LogP contribution in [-0.2, 0) is 21.7 Å². The monoisotopic (exact) mass is 444 g/mol. The van der Waals surface area contributed by atoms with Gasteiger partial charge in [-0.2, -0.15) is 0 Å². The van der Waals surface area contributed by atoms with Crippen molar-refractivity contribution in [3.63, 3.8) is 0 Å². The fourth-order valence-corrected chi connectivity index (χ4v) is 0. The molecule has 0 N–H and O–H groups in total. The molecule has 0 aromatic heterocycles. The molecule has 0 saturated carbocycles. The molecule has 0 radical (unpaired) electrons. The van der Waals surface area contributed by atoms with Crippen LogP contribution in [-0.4, -0.2) is 0 Å². The third-order valence-electron chi connectivity index (χ3n) is 0. The summed E-state index contributed by atoms with van der Waals surface area (Å²) in [6, 6.07) is 0. The van der Waals surface area contributed by atoms with E-state index >= 15 is 0 Å². The van der Waals surface area contributed by atoms with Gasteiger partial charge >= 0.3 is 21.7 Å². The molecule has 0 aliphatic carbocycles. The Balaban J connectivity index is 0. The third kappa shape index (κ3) is 19.7. The van der Waals surface area contributed by atoms with E-state index in [4.69, 9.17) is 0 Å². The first-order valence-electron chi connectivity index (χ1n) is 0. The predicted octanol–water partition coefficient (Wildman–Crippen LogP) is -8.54. The van der Waals surface area contributed by atoms with Crippen LogP contribution in [0.15, 0.2) is 0 Å². The first-order chi connectivity index (χ1) is 0. The van der Waals surface area contributed by atoms with Crippen LogP contribution in [0.5, 0.6) is 0 Å². The molecule has 32 valence electrons. The molecule has 0 aromatic carbocycles. The van der Waals surface area contributed by atoms with Crippen molar-refractivity contribution in [2.45, 2.75) is 0 Å². The standard InChI is InChI=1S/CH3.3HI.Ti/h1H3;3*1H;/q-1;;;;+4/p-3. The van der Waals surface area contributed by atoms with Crippen molar-refractivity contribution in [3.05, 3.63) is 7.43 Å². The molecule has 0 aromatic rings. The Bertz CT molecular complexity index is 6.85. The van der Waals surface area contributed by atoms with Gasteiger partial charge in [-0.25, -0.2) is 0 Å². The van der Waals surface area contributed by atoms with E-state index in [2.05, 4.69) is 0 Å².